The monoisotopic (exact) mass is 350 g/mol. The summed E-state index contributed by atoms with van der Waals surface area (Å²) in [7, 11) is 0. The van der Waals surface area contributed by atoms with Crippen LogP contribution >= 0.6 is 28.3 Å². The lowest BCUT2D eigenvalue weighted by molar-refractivity contribution is -0.131. The summed E-state index contributed by atoms with van der Waals surface area (Å²) >= 11 is 3.33. The lowest BCUT2D eigenvalue weighted by atomic mass is 10.1. The Balaban J connectivity index is 0.00000180. The van der Waals surface area contributed by atoms with E-state index in [1.165, 1.54) is 12.1 Å². The number of carbonyl (C=O) groups excluding carboxylic acids is 1. The number of rotatable bonds is 2. The Morgan fingerprint density at radius 3 is 2.95 bits per heavy atom. The molecule has 6 heteroatoms. The fourth-order valence-electron chi connectivity index (χ4n) is 2.19. The van der Waals surface area contributed by atoms with E-state index in [4.69, 9.17) is 5.73 Å². The zero-order valence-corrected chi connectivity index (χ0v) is 12.8. The second-order valence-corrected chi connectivity index (χ2v) is 5.51. The molecule has 0 spiro atoms. The Kier molecular flexibility index (Phi) is 6.23. The molecule has 1 fully saturated rings. The van der Waals surface area contributed by atoms with Crippen LogP contribution in [0.2, 0.25) is 0 Å². The van der Waals surface area contributed by atoms with E-state index in [9.17, 15) is 9.18 Å². The Hall–Kier alpha value is -0.650. The molecule has 0 radical (unpaired) electrons. The summed E-state index contributed by atoms with van der Waals surface area (Å²) in [6.45, 7) is 1.35. The van der Waals surface area contributed by atoms with Gasteiger partial charge in [0.2, 0.25) is 5.91 Å². The van der Waals surface area contributed by atoms with Gasteiger partial charge in [0, 0.05) is 23.6 Å². The van der Waals surface area contributed by atoms with Crippen molar-refractivity contribution < 1.29 is 9.18 Å². The largest absolute Gasteiger partial charge is 0.341 e. The molecule has 19 heavy (non-hydrogen) atoms. The zero-order chi connectivity index (χ0) is 13.1. The molecule has 3 nitrogen and oxygen atoms in total. The van der Waals surface area contributed by atoms with E-state index in [2.05, 4.69) is 15.9 Å². The number of likely N-dealkylation sites (tertiary alicyclic amines) is 1. The van der Waals surface area contributed by atoms with E-state index in [1.807, 2.05) is 0 Å². The Morgan fingerprint density at radius 1 is 1.53 bits per heavy atom. The van der Waals surface area contributed by atoms with Crippen molar-refractivity contribution >= 4 is 34.2 Å². The van der Waals surface area contributed by atoms with Gasteiger partial charge in [-0.05, 0) is 36.6 Å². The van der Waals surface area contributed by atoms with Crippen LogP contribution in [0.5, 0.6) is 0 Å². The summed E-state index contributed by atoms with van der Waals surface area (Å²) in [6, 6.07) is 4.46. The van der Waals surface area contributed by atoms with Gasteiger partial charge in [-0.3, -0.25) is 4.79 Å². The van der Waals surface area contributed by atoms with Crippen molar-refractivity contribution in [2.45, 2.75) is 25.3 Å². The highest BCUT2D eigenvalue weighted by Crippen LogP contribution is 2.20. The van der Waals surface area contributed by atoms with Gasteiger partial charge < -0.3 is 10.6 Å². The van der Waals surface area contributed by atoms with Crippen molar-refractivity contribution in [3.63, 3.8) is 0 Å². The molecular weight excluding hydrogens is 335 g/mol. The third-order valence-electron chi connectivity index (χ3n) is 3.16. The van der Waals surface area contributed by atoms with Gasteiger partial charge in [-0.2, -0.15) is 0 Å². The summed E-state index contributed by atoms with van der Waals surface area (Å²) in [5.41, 5.74) is 6.53. The molecule has 2 rings (SSSR count). The number of benzene rings is 1. The summed E-state index contributed by atoms with van der Waals surface area (Å²) in [5.74, 6) is -0.312. The highest BCUT2D eigenvalue weighted by Gasteiger charge is 2.21. The van der Waals surface area contributed by atoms with E-state index in [0.29, 0.717) is 12.1 Å². The van der Waals surface area contributed by atoms with Crippen LogP contribution in [0, 0.1) is 5.82 Å². The van der Waals surface area contributed by atoms with Crippen LogP contribution in [-0.2, 0) is 11.2 Å². The average molecular weight is 352 g/mol. The normalized spacial score (nSPS) is 18.9. The Labute approximate surface area is 126 Å². The fraction of sp³-hybridized carbons (Fsp3) is 0.462. The van der Waals surface area contributed by atoms with E-state index < -0.39 is 0 Å². The van der Waals surface area contributed by atoms with E-state index in [-0.39, 0.29) is 36.6 Å². The first-order valence-electron chi connectivity index (χ1n) is 6.03. The minimum Gasteiger partial charge on any atom is -0.341 e. The zero-order valence-electron chi connectivity index (χ0n) is 10.4. The van der Waals surface area contributed by atoms with Crippen molar-refractivity contribution in [1.82, 2.24) is 4.90 Å². The molecular formula is C13H17BrClFN2O. The van der Waals surface area contributed by atoms with Crippen molar-refractivity contribution in [3.8, 4) is 0 Å². The molecule has 0 aliphatic carbocycles. The topological polar surface area (TPSA) is 46.3 Å². The summed E-state index contributed by atoms with van der Waals surface area (Å²) in [6.07, 6.45) is 2.12. The predicted octanol–water partition coefficient (Wildman–Crippen LogP) is 2.50. The second kappa shape index (κ2) is 7.22. The SMILES string of the molecule is Cl.NC1CCCN(C(=O)Cc2cc(F)ccc2Br)C1. The Bertz CT molecular complexity index is 458. The van der Waals surface area contributed by atoms with Gasteiger partial charge >= 0.3 is 0 Å². The second-order valence-electron chi connectivity index (χ2n) is 4.65. The number of nitrogens with zero attached hydrogens (tertiary/aromatic N) is 1. The van der Waals surface area contributed by atoms with E-state index in [1.54, 1.807) is 11.0 Å². The average Bonchev–Trinajstić information content (AvgIpc) is 2.34. The van der Waals surface area contributed by atoms with Gasteiger partial charge in [0.05, 0.1) is 6.42 Å². The lowest BCUT2D eigenvalue weighted by Gasteiger charge is -2.31. The molecule has 1 aromatic carbocycles. The number of carbonyl (C=O) groups is 1. The van der Waals surface area contributed by atoms with Crippen LogP contribution in [0.3, 0.4) is 0 Å². The molecule has 106 valence electrons. The molecule has 1 amide bonds. The molecule has 1 atom stereocenters. The van der Waals surface area contributed by atoms with E-state index in [0.717, 1.165) is 23.9 Å². The maximum absolute atomic E-state index is 13.1. The number of hydrogen-bond donors (Lipinski definition) is 1. The first-order valence-corrected chi connectivity index (χ1v) is 6.83. The van der Waals surface area contributed by atoms with Gasteiger partial charge in [-0.1, -0.05) is 15.9 Å². The molecule has 0 saturated carbocycles. The third kappa shape index (κ3) is 4.44. The minimum absolute atomic E-state index is 0. The van der Waals surface area contributed by atoms with Crippen molar-refractivity contribution in [2.75, 3.05) is 13.1 Å². The minimum atomic E-state index is -0.323. The number of halogens is 3. The highest BCUT2D eigenvalue weighted by atomic mass is 79.9. The molecule has 0 aromatic heterocycles. The van der Waals surface area contributed by atoms with Gasteiger partial charge in [0.1, 0.15) is 5.82 Å². The maximum atomic E-state index is 13.1. The van der Waals surface area contributed by atoms with Crippen molar-refractivity contribution in [3.05, 3.63) is 34.1 Å². The van der Waals surface area contributed by atoms with Gasteiger partial charge in [0.25, 0.3) is 0 Å². The summed E-state index contributed by atoms with van der Waals surface area (Å²) < 4.78 is 13.9. The summed E-state index contributed by atoms with van der Waals surface area (Å²) in [4.78, 5) is 13.9. The molecule has 2 N–H and O–H groups in total. The molecule has 1 aromatic rings. The fourth-order valence-corrected chi connectivity index (χ4v) is 2.58. The van der Waals surface area contributed by atoms with Crippen molar-refractivity contribution in [2.24, 2.45) is 5.73 Å². The smallest absolute Gasteiger partial charge is 0.227 e. The quantitative estimate of drug-likeness (QED) is 0.890. The molecule has 1 saturated heterocycles. The lowest BCUT2D eigenvalue weighted by Crippen LogP contribution is -2.46. The highest BCUT2D eigenvalue weighted by molar-refractivity contribution is 9.10. The van der Waals surface area contributed by atoms with Crippen molar-refractivity contribution in [1.29, 1.82) is 0 Å². The third-order valence-corrected chi connectivity index (χ3v) is 3.93. The predicted molar refractivity (Wildman–Crippen MR) is 78.8 cm³/mol. The van der Waals surface area contributed by atoms with Crippen LogP contribution in [0.1, 0.15) is 18.4 Å². The molecule has 1 heterocycles. The molecule has 1 aliphatic rings. The maximum Gasteiger partial charge on any atom is 0.227 e. The first-order chi connectivity index (χ1) is 8.56. The van der Waals surface area contributed by atoms with Gasteiger partial charge in [0.15, 0.2) is 0 Å². The van der Waals surface area contributed by atoms with Gasteiger partial charge in [-0.25, -0.2) is 4.39 Å². The molecule has 1 unspecified atom stereocenters. The first kappa shape index (κ1) is 16.4. The molecule has 1 aliphatic heterocycles. The van der Waals surface area contributed by atoms with Crippen LogP contribution < -0.4 is 5.73 Å². The van der Waals surface area contributed by atoms with E-state index >= 15 is 0 Å². The number of hydrogen-bond acceptors (Lipinski definition) is 2. The standard InChI is InChI=1S/C13H16BrFN2O.ClH/c14-12-4-3-10(15)6-9(12)7-13(18)17-5-1-2-11(16)8-17;/h3-4,6,11H,1-2,5,7-8,16H2;1H. The number of piperidine rings is 1. The summed E-state index contributed by atoms with van der Waals surface area (Å²) in [5, 5.41) is 0. The van der Waals surface area contributed by atoms with Crippen LogP contribution in [0.25, 0.3) is 0 Å². The van der Waals surface area contributed by atoms with Crippen LogP contribution in [0.4, 0.5) is 4.39 Å². The van der Waals surface area contributed by atoms with Gasteiger partial charge in [-0.15, -0.1) is 12.4 Å². The molecule has 0 bridgehead atoms. The number of nitrogens with two attached hydrogens (primary N) is 1. The Morgan fingerprint density at radius 2 is 2.26 bits per heavy atom. The van der Waals surface area contributed by atoms with Crippen LogP contribution in [-0.4, -0.2) is 29.9 Å². The van der Waals surface area contributed by atoms with Crippen LogP contribution in [0.15, 0.2) is 22.7 Å². The number of amides is 1.